The molecule has 0 aliphatic heterocycles. The summed E-state index contributed by atoms with van der Waals surface area (Å²) in [4.78, 5) is 0. The molecule has 21 heavy (non-hydrogen) atoms. The number of rotatable bonds is 6. The molecule has 1 unspecified atom stereocenters. The Hall–Kier alpha value is -1.84. The second-order valence-corrected chi connectivity index (χ2v) is 5.42. The van der Waals surface area contributed by atoms with Gasteiger partial charge in [0.25, 0.3) is 0 Å². The summed E-state index contributed by atoms with van der Waals surface area (Å²) in [5.41, 5.74) is 2.72. The highest BCUT2D eigenvalue weighted by atomic mass is 16.5. The first-order valence-electron chi connectivity index (χ1n) is 7.29. The van der Waals surface area contributed by atoms with Gasteiger partial charge in [0.15, 0.2) is 0 Å². The number of methoxy groups -OCH3 is 1. The summed E-state index contributed by atoms with van der Waals surface area (Å²) in [5.74, 6) is 0.832. The van der Waals surface area contributed by atoms with Crippen LogP contribution in [0.1, 0.15) is 35.6 Å². The Morgan fingerprint density at radius 2 is 1.95 bits per heavy atom. The lowest BCUT2D eigenvalue weighted by molar-refractivity contribution is 0.176. The van der Waals surface area contributed by atoms with Crippen molar-refractivity contribution in [2.45, 2.75) is 31.7 Å². The zero-order valence-corrected chi connectivity index (χ0v) is 12.2. The molecule has 0 spiro atoms. The van der Waals surface area contributed by atoms with E-state index in [1.165, 1.54) is 0 Å². The highest BCUT2D eigenvalue weighted by Crippen LogP contribution is 2.31. The third-order valence-corrected chi connectivity index (χ3v) is 3.65. The van der Waals surface area contributed by atoms with Crippen molar-refractivity contribution in [2.24, 2.45) is 0 Å². The Balaban J connectivity index is 1.85. The second kappa shape index (κ2) is 6.29. The summed E-state index contributed by atoms with van der Waals surface area (Å²) < 4.78 is 11.0. The normalized spacial score (nSPS) is 15.7. The minimum atomic E-state index is -0.667. The molecule has 0 heterocycles. The smallest absolute Gasteiger partial charge is 0.120 e. The lowest BCUT2D eigenvalue weighted by Crippen LogP contribution is -2.05. The van der Waals surface area contributed by atoms with Crippen molar-refractivity contribution >= 4 is 0 Å². The van der Waals surface area contributed by atoms with Crippen molar-refractivity contribution in [2.75, 3.05) is 7.11 Å². The first-order chi connectivity index (χ1) is 10.3. The first-order valence-corrected chi connectivity index (χ1v) is 7.29. The van der Waals surface area contributed by atoms with Crippen molar-refractivity contribution < 1.29 is 14.6 Å². The molecule has 3 rings (SSSR count). The Kier molecular flexibility index (Phi) is 4.23. The summed E-state index contributed by atoms with van der Waals surface area (Å²) >= 11 is 0. The molecule has 0 saturated heterocycles. The third-order valence-electron chi connectivity index (χ3n) is 3.65. The molecule has 1 N–H and O–H groups in total. The average molecular weight is 284 g/mol. The number of benzene rings is 2. The van der Waals surface area contributed by atoms with Gasteiger partial charge in [-0.3, -0.25) is 0 Å². The van der Waals surface area contributed by atoms with Crippen molar-refractivity contribution in [3.63, 3.8) is 0 Å². The Bertz CT molecular complexity index is 605. The van der Waals surface area contributed by atoms with E-state index in [1.54, 1.807) is 7.11 Å². The summed E-state index contributed by atoms with van der Waals surface area (Å²) in [6.45, 7) is 0.492. The maximum absolute atomic E-state index is 10.7. The van der Waals surface area contributed by atoms with E-state index < -0.39 is 6.10 Å². The van der Waals surface area contributed by atoms with Gasteiger partial charge < -0.3 is 14.6 Å². The topological polar surface area (TPSA) is 38.7 Å². The van der Waals surface area contributed by atoms with E-state index in [2.05, 4.69) is 0 Å². The summed E-state index contributed by atoms with van der Waals surface area (Å²) in [6.07, 6.45) is 1.95. The van der Waals surface area contributed by atoms with Gasteiger partial charge in [-0.2, -0.15) is 0 Å². The molecule has 2 aromatic rings. The molecule has 1 atom stereocenters. The van der Waals surface area contributed by atoms with E-state index in [9.17, 15) is 5.11 Å². The number of ether oxygens (including phenoxy) is 2. The van der Waals surface area contributed by atoms with Crippen molar-refractivity contribution in [3.8, 4) is 5.75 Å². The number of aliphatic hydroxyl groups is 1. The van der Waals surface area contributed by atoms with Crippen molar-refractivity contribution in [3.05, 3.63) is 65.2 Å². The van der Waals surface area contributed by atoms with Gasteiger partial charge in [0, 0.05) is 7.11 Å². The van der Waals surface area contributed by atoms with E-state index in [4.69, 9.17) is 9.47 Å². The van der Waals surface area contributed by atoms with Crippen LogP contribution in [0.2, 0.25) is 0 Å². The van der Waals surface area contributed by atoms with E-state index in [-0.39, 0.29) is 0 Å². The fourth-order valence-electron chi connectivity index (χ4n) is 2.40. The van der Waals surface area contributed by atoms with Crippen LogP contribution in [0.25, 0.3) is 0 Å². The highest BCUT2D eigenvalue weighted by Gasteiger charge is 2.24. The zero-order valence-electron chi connectivity index (χ0n) is 12.2. The molecular formula is C18H20O3. The molecule has 110 valence electrons. The number of hydrogen-bond acceptors (Lipinski definition) is 3. The van der Waals surface area contributed by atoms with Crippen LogP contribution in [0, 0.1) is 0 Å². The predicted molar refractivity (Wildman–Crippen MR) is 81.3 cm³/mol. The highest BCUT2D eigenvalue weighted by molar-refractivity contribution is 5.38. The lowest BCUT2D eigenvalue weighted by atomic mass is 9.97. The van der Waals surface area contributed by atoms with Crippen LogP contribution in [0.4, 0.5) is 0 Å². The molecule has 2 aromatic carbocycles. The van der Waals surface area contributed by atoms with Crippen molar-refractivity contribution in [1.29, 1.82) is 0 Å². The van der Waals surface area contributed by atoms with Crippen molar-refractivity contribution in [1.82, 2.24) is 0 Å². The first kappa shape index (κ1) is 14.1. The van der Waals surface area contributed by atoms with Crippen LogP contribution < -0.4 is 4.74 Å². The summed E-state index contributed by atoms with van der Waals surface area (Å²) in [5, 5.41) is 10.7. The Morgan fingerprint density at radius 3 is 2.71 bits per heavy atom. The molecule has 3 heteroatoms. The van der Waals surface area contributed by atoms with E-state index in [0.717, 1.165) is 35.3 Å². The van der Waals surface area contributed by atoms with E-state index in [0.29, 0.717) is 12.7 Å². The Morgan fingerprint density at radius 1 is 1.14 bits per heavy atom. The van der Waals surface area contributed by atoms with Gasteiger partial charge in [-0.15, -0.1) is 0 Å². The quantitative estimate of drug-likeness (QED) is 0.883. The molecular weight excluding hydrogens is 264 g/mol. The molecule has 1 aliphatic carbocycles. The molecule has 1 saturated carbocycles. The van der Waals surface area contributed by atoms with E-state index in [1.807, 2.05) is 48.5 Å². The minimum absolute atomic E-state index is 0.359. The summed E-state index contributed by atoms with van der Waals surface area (Å²) in [7, 11) is 1.66. The van der Waals surface area contributed by atoms with Gasteiger partial charge in [-0.05, 0) is 41.7 Å². The van der Waals surface area contributed by atoms with Crippen LogP contribution in [-0.2, 0) is 11.3 Å². The van der Waals surface area contributed by atoms with Gasteiger partial charge in [0.1, 0.15) is 11.9 Å². The molecule has 0 aromatic heterocycles. The fourth-order valence-corrected chi connectivity index (χ4v) is 2.40. The molecule has 0 radical (unpaired) electrons. The van der Waals surface area contributed by atoms with Gasteiger partial charge >= 0.3 is 0 Å². The van der Waals surface area contributed by atoms with Crippen LogP contribution in [-0.4, -0.2) is 18.3 Å². The molecule has 3 nitrogen and oxygen atoms in total. The third kappa shape index (κ3) is 3.43. The van der Waals surface area contributed by atoms with E-state index >= 15 is 0 Å². The van der Waals surface area contributed by atoms with Crippen LogP contribution >= 0.6 is 0 Å². The second-order valence-electron chi connectivity index (χ2n) is 5.42. The van der Waals surface area contributed by atoms with Gasteiger partial charge in [0.2, 0.25) is 0 Å². The van der Waals surface area contributed by atoms with Gasteiger partial charge in [0.05, 0.1) is 12.7 Å². The Labute approximate surface area is 125 Å². The molecule has 0 bridgehead atoms. The fraction of sp³-hybridized carbons (Fsp3) is 0.333. The van der Waals surface area contributed by atoms with Crippen LogP contribution in [0.5, 0.6) is 5.75 Å². The number of hydrogen-bond donors (Lipinski definition) is 1. The molecule has 1 aliphatic rings. The molecule has 1 fully saturated rings. The van der Waals surface area contributed by atoms with Crippen LogP contribution in [0.15, 0.2) is 48.5 Å². The summed E-state index contributed by atoms with van der Waals surface area (Å²) in [6, 6.07) is 15.5. The maximum Gasteiger partial charge on any atom is 0.120 e. The lowest BCUT2D eigenvalue weighted by Gasteiger charge is -2.16. The van der Waals surface area contributed by atoms with Crippen LogP contribution in [0.3, 0.4) is 0 Å². The predicted octanol–water partition coefficient (Wildman–Crippen LogP) is 3.46. The standard InChI is InChI=1S/C18H20O3/c1-20-12-14-5-2-3-8-17(14)18(19)13-6-4-7-16(11-13)21-15-9-10-15/h2-8,11,15,18-19H,9-10,12H2,1H3. The zero-order chi connectivity index (χ0) is 14.7. The number of aliphatic hydroxyl groups excluding tert-OH is 1. The van der Waals surface area contributed by atoms with Gasteiger partial charge in [-0.25, -0.2) is 0 Å². The molecule has 0 amide bonds. The monoisotopic (exact) mass is 284 g/mol. The minimum Gasteiger partial charge on any atom is -0.490 e. The largest absolute Gasteiger partial charge is 0.490 e. The average Bonchev–Trinajstić information content (AvgIpc) is 3.32. The maximum atomic E-state index is 10.7. The van der Waals surface area contributed by atoms with Gasteiger partial charge in [-0.1, -0.05) is 36.4 Å². The SMILES string of the molecule is COCc1ccccc1C(O)c1cccc(OC2CC2)c1.